The van der Waals surface area contributed by atoms with E-state index in [1.54, 1.807) is 75.3 Å². The lowest BCUT2D eigenvalue weighted by atomic mass is 9.60. The van der Waals surface area contributed by atoms with Crippen LogP contribution in [0.15, 0.2) is 116 Å². The van der Waals surface area contributed by atoms with Crippen molar-refractivity contribution in [2.45, 2.75) is 384 Å². The monoisotopic (exact) mass is 2040 g/mol. The van der Waals surface area contributed by atoms with Crippen LogP contribution in [-0.2, 0) is 134 Å². The van der Waals surface area contributed by atoms with Gasteiger partial charge in [0, 0.05) is 5.57 Å². The van der Waals surface area contributed by atoms with Crippen LogP contribution in [0, 0.1) is 70.4 Å². The van der Waals surface area contributed by atoms with Gasteiger partial charge in [0.2, 0.25) is 0 Å². The molecule has 0 bridgehead atoms. The van der Waals surface area contributed by atoms with Crippen LogP contribution in [-0.4, -0.2) is 175 Å². The van der Waals surface area contributed by atoms with Crippen molar-refractivity contribution >= 4 is 83.6 Å². The number of carboxylic acid groups (broad SMARTS) is 4. The van der Waals surface area contributed by atoms with E-state index in [9.17, 15) is 72.2 Å². The summed E-state index contributed by atoms with van der Waals surface area (Å²) in [5.74, 6) is -5.14. The Labute approximate surface area is 865 Å². The molecule has 1 aliphatic carbocycles. The fraction of sp³-hybridized carbons (Fsp3) is 0.684. The van der Waals surface area contributed by atoms with Gasteiger partial charge >= 0.3 is 83.6 Å². The van der Waals surface area contributed by atoms with Crippen LogP contribution >= 0.6 is 0 Å². The van der Waals surface area contributed by atoms with Crippen molar-refractivity contribution in [1.82, 2.24) is 0 Å². The minimum absolute atomic E-state index is 0.0995. The lowest BCUT2D eigenvalue weighted by Crippen LogP contribution is -2.46. The van der Waals surface area contributed by atoms with Gasteiger partial charge in [-0.3, -0.25) is 62.3 Å². The molecular formula is C114H194O30. The predicted molar refractivity (Wildman–Crippen MR) is 566 cm³/mol. The first-order valence-electron chi connectivity index (χ1n) is 50.1. The number of hydrogen-bond acceptors (Lipinski definition) is 26. The summed E-state index contributed by atoms with van der Waals surface area (Å²) in [5, 5.41) is 51.6. The largest absolute Gasteiger partial charge is 0.481 e. The van der Waals surface area contributed by atoms with E-state index in [1.807, 2.05) is 264 Å². The first-order chi connectivity index (χ1) is 66.0. The quantitative estimate of drug-likeness (QED) is 0.0133. The second kappa shape index (κ2) is 74.5. The molecule has 3 atom stereocenters. The highest BCUT2D eigenvalue weighted by atomic mass is 16.6. The van der Waals surface area contributed by atoms with Crippen molar-refractivity contribution in [1.29, 1.82) is 0 Å². The van der Waals surface area contributed by atoms with E-state index >= 15 is 0 Å². The van der Waals surface area contributed by atoms with E-state index in [0.29, 0.717) is 77.8 Å². The molecular weight excluding hydrogens is 1850 g/mol. The molecule has 3 aromatic rings. The molecule has 0 saturated heterocycles. The zero-order valence-corrected chi connectivity index (χ0v) is 95.9. The standard InChI is InChI=1S/C14H24O4.C13H22O5.3C13H18O2.C9H16O2.C8H16O3.C7H14O2.4C6H12O2/c1-5-13(11(15)17-3)8-7-9-14(6-2,10-13)12(16)18-4;1-6-13(4,5)12(16)18-8-10(14)7-17-11(15)9(2)3;3*1-4-13(2,3)12(14)15-10-11-8-6-5-7-9-11;1-5-7-11-8(10)9(3,4)6-2;1-4-8(2,3)7(10)11-6-5-9;1-5-7(2,3)6(8)9-4;4*1-4-6(2,3)5(7)8/h5-10H2,1-4H3;10,14H,2,6-8H2,1,3-5H3;3*5-9H,4,10H2,1-3H3;5H,1,6-7H2,2-4H3;9H,4-6H2,1-3H3;5H2,1-4H3;4*4H2,1-3H3,(H,7,8). The number of carbonyl (C=O) groups is 14. The number of aliphatic hydroxyl groups is 2. The molecule has 0 amide bonds. The van der Waals surface area contributed by atoms with Crippen LogP contribution in [0.25, 0.3) is 0 Å². The van der Waals surface area contributed by atoms with Gasteiger partial charge < -0.3 is 78.0 Å². The minimum Gasteiger partial charge on any atom is -0.481 e. The van der Waals surface area contributed by atoms with E-state index in [0.717, 1.165) is 74.5 Å². The molecule has 0 heterocycles. The summed E-state index contributed by atoms with van der Waals surface area (Å²) in [4.78, 5) is 156. The second-order valence-corrected chi connectivity index (χ2v) is 42.2. The molecule has 0 radical (unpaired) electrons. The Morgan fingerprint density at radius 1 is 0.333 bits per heavy atom. The fourth-order valence-electron chi connectivity index (χ4n) is 9.28. The van der Waals surface area contributed by atoms with E-state index in [4.69, 9.17) is 68.2 Å². The molecule has 3 unspecified atom stereocenters. The Bertz CT molecular complexity index is 3890. The molecule has 3 aromatic carbocycles. The predicted octanol–water partition coefficient (Wildman–Crippen LogP) is 24.4. The summed E-state index contributed by atoms with van der Waals surface area (Å²) in [5.41, 5.74) is -2.67. The lowest BCUT2D eigenvalue weighted by molar-refractivity contribution is -0.168. The topological polar surface area (TPSA) is 453 Å². The Morgan fingerprint density at radius 3 is 0.743 bits per heavy atom. The Morgan fingerprint density at radius 2 is 0.556 bits per heavy atom. The van der Waals surface area contributed by atoms with Crippen molar-refractivity contribution in [3.8, 4) is 0 Å². The Kier molecular flexibility index (Phi) is 77.1. The Balaban J connectivity index is -0.000000236. The zero-order chi connectivity index (χ0) is 115. The first-order valence-corrected chi connectivity index (χ1v) is 50.1. The summed E-state index contributed by atoms with van der Waals surface area (Å²) < 4.78 is 49.5. The average molecular weight is 2040 g/mol. The van der Waals surface area contributed by atoms with Crippen LogP contribution in [0.3, 0.4) is 0 Å². The molecule has 1 fully saturated rings. The number of carboxylic acids is 4. The van der Waals surface area contributed by atoms with Gasteiger partial charge in [0.15, 0.2) is 0 Å². The number of carbonyl (C=O) groups excluding carboxylic acids is 10. The Hall–Kier alpha value is -10.4. The summed E-state index contributed by atoms with van der Waals surface area (Å²) in [7, 11) is 4.25. The second-order valence-electron chi connectivity index (χ2n) is 42.2. The smallest absolute Gasteiger partial charge is 0.333 e. The number of esters is 10. The summed E-state index contributed by atoms with van der Waals surface area (Å²) in [6.07, 6.45) is 13.1. The molecule has 30 heteroatoms. The molecule has 144 heavy (non-hydrogen) atoms. The molecule has 830 valence electrons. The van der Waals surface area contributed by atoms with Gasteiger partial charge in [0.25, 0.3) is 0 Å². The van der Waals surface area contributed by atoms with Gasteiger partial charge in [-0.05, 0) is 279 Å². The van der Waals surface area contributed by atoms with Crippen molar-refractivity contribution in [2.75, 3.05) is 54.4 Å². The van der Waals surface area contributed by atoms with Crippen molar-refractivity contribution in [3.63, 3.8) is 0 Å². The van der Waals surface area contributed by atoms with Gasteiger partial charge in [0.1, 0.15) is 52.4 Å². The van der Waals surface area contributed by atoms with Gasteiger partial charge in [0.05, 0.1) is 98.3 Å². The number of aliphatic carboxylic acids is 4. The van der Waals surface area contributed by atoms with E-state index < -0.39 is 79.3 Å². The number of hydrogen-bond donors (Lipinski definition) is 6. The number of benzene rings is 3. The highest BCUT2D eigenvalue weighted by Crippen LogP contribution is 2.51. The van der Waals surface area contributed by atoms with Crippen LogP contribution in [0.4, 0.5) is 0 Å². The van der Waals surface area contributed by atoms with Crippen LogP contribution in [0.5, 0.6) is 0 Å². The lowest BCUT2D eigenvalue weighted by Gasteiger charge is -2.44. The van der Waals surface area contributed by atoms with Crippen molar-refractivity contribution in [3.05, 3.63) is 132 Å². The number of aliphatic hydroxyl groups excluding tert-OH is 2. The third kappa shape index (κ3) is 63.8. The molecule has 0 spiro atoms. The molecule has 1 aliphatic rings. The maximum absolute atomic E-state index is 12.1. The zero-order valence-electron chi connectivity index (χ0n) is 95.9. The third-order valence-corrected chi connectivity index (χ3v) is 26.1. The number of rotatable bonds is 41. The maximum Gasteiger partial charge on any atom is 0.333 e. The highest BCUT2D eigenvalue weighted by Gasteiger charge is 2.52. The summed E-state index contributed by atoms with van der Waals surface area (Å²) in [6.45, 7) is 74.4. The molecule has 30 nitrogen and oxygen atoms in total. The molecule has 4 rings (SSSR count). The number of ether oxygens (including phenoxy) is 10. The number of methoxy groups -OCH3 is 3. The van der Waals surface area contributed by atoms with Gasteiger partial charge in [-0.2, -0.15) is 0 Å². The molecule has 0 aromatic heterocycles. The van der Waals surface area contributed by atoms with E-state index in [-0.39, 0.29) is 113 Å². The van der Waals surface area contributed by atoms with Crippen LogP contribution < -0.4 is 0 Å². The molecule has 1 saturated carbocycles. The third-order valence-electron chi connectivity index (χ3n) is 26.1. The van der Waals surface area contributed by atoms with Crippen LogP contribution in [0.2, 0.25) is 0 Å². The van der Waals surface area contributed by atoms with E-state index in [2.05, 4.69) is 17.9 Å². The highest BCUT2D eigenvalue weighted by molar-refractivity contribution is 5.87. The maximum atomic E-state index is 12.1. The summed E-state index contributed by atoms with van der Waals surface area (Å²) in [6, 6.07) is 29.2. The molecule has 6 N–H and O–H groups in total. The van der Waals surface area contributed by atoms with Gasteiger partial charge in [-0.25, -0.2) is 4.79 Å². The van der Waals surface area contributed by atoms with Crippen molar-refractivity contribution < 1.29 is 145 Å². The van der Waals surface area contributed by atoms with Gasteiger partial charge in [-0.1, -0.05) is 207 Å². The average Bonchev–Trinajstić information content (AvgIpc) is 0.767. The van der Waals surface area contributed by atoms with E-state index in [1.165, 1.54) is 28.3 Å². The normalized spacial score (nSPS) is 14.0. The van der Waals surface area contributed by atoms with Gasteiger partial charge in [-0.15, -0.1) is 0 Å². The fourth-order valence-corrected chi connectivity index (χ4v) is 9.28. The summed E-state index contributed by atoms with van der Waals surface area (Å²) >= 11 is 0. The van der Waals surface area contributed by atoms with Crippen molar-refractivity contribution in [2.24, 2.45) is 70.4 Å². The van der Waals surface area contributed by atoms with Crippen LogP contribution in [0.1, 0.15) is 375 Å². The molecule has 0 aliphatic heterocycles. The minimum atomic E-state index is -1.02. The SMILES string of the molecule is C=C(C)C(=O)OCC(O)COC(=O)C(C)(C)CC.C=CCOC(=O)C(C)(C)CC.CCC(C)(C)C(=O)O.CCC(C)(C)C(=O)O.CCC(C)(C)C(=O)O.CCC(C)(C)C(=O)O.CCC(C)(C)C(=O)OC.CCC(C)(C)C(=O)OCCO.CCC(C)(C)C(=O)OCc1ccccc1.CCC(C)(C)C(=O)OCc1ccccc1.CCC(C)(C)C(=O)OCc1ccccc1.CCC1(C(=O)OC)CCCC(CC)(C(=O)OC)C1. The first kappa shape index (κ1) is 149.